The summed E-state index contributed by atoms with van der Waals surface area (Å²) in [7, 11) is 3.53. The molecule has 0 heterocycles. The van der Waals surface area contributed by atoms with Crippen LogP contribution in [-0.4, -0.2) is 54.1 Å². The molecule has 0 spiro atoms. The van der Waals surface area contributed by atoms with Crippen LogP contribution in [0.3, 0.4) is 0 Å². The van der Waals surface area contributed by atoms with Crippen molar-refractivity contribution in [3.05, 3.63) is 0 Å². The minimum Gasteiger partial charge on any atom is -0.858 e. The van der Waals surface area contributed by atoms with Gasteiger partial charge in [-0.05, 0) is 12.8 Å². The maximum absolute atomic E-state index is 11.9. The summed E-state index contributed by atoms with van der Waals surface area (Å²) in [5.41, 5.74) is 0. The minimum absolute atomic E-state index is 0.0685. The van der Waals surface area contributed by atoms with E-state index in [1.165, 1.54) is 70.6 Å². The van der Waals surface area contributed by atoms with Gasteiger partial charge in [-0.3, -0.25) is 0 Å². The Hall–Kier alpha value is -0.650. The topological polar surface area (TPSA) is 75.9 Å². The van der Waals surface area contributed by atoms with Gasteiger partial charge in [0.2, 0.25) is 0 Å². The van der Waals surface area contributed by atoms with Crippen LogP contribution in [0.25, 0.3) is 0 Å². The smallest absolute Gasteiger partial charge is 0.131 e. The zero-order valence-electron chi connectivity index (χ0n) is 17.6. The fraction of sp³-hybridized carbons (Fsp3) is 0.952. The Balaban J connectivity index is 3.52. The Morgan fingerprint density at radius 2 is 1.27 bits per heavy atom. The zero-order chi connectivity index (χ0) is 19.7. The van der Waals surface area contributed by atoms with Crippen LogP contribution < -0.4 is 5.11 Å². The van der Waals surface area contributed by atoms with Crippen LogP contribution in [0.2, 0.25) is 0 Å². The highest BCUT2D eigenvalue weighted by Gasteiger charge is 2.19. The molecule has 156 valence electrons. The number of nitrogens with zero attached hydrogens (tertiary/aromatic N) is 2. The molecule has 1 atom stereocenters. The molecule has 0 fully saturated rings. The van der Waals surface area contributed by atoms with E-state index in [0.717, 1.165) is 12.8 Å². The first-order valence-electron chi connectivity index (χ1n) is 10.8. The van der Waals surface area contributed by atoms with Crippen molar-refractivity contribution >= 4 is 5.90 Å². The normalized spacial score (nSPS) is 14.0. The first-order valence-corrected chi connectivity index (χ1v) is 10.8. The van der Waals surface area contributed by atoms with Crippen LogP contribution >= 0.6 is 0 Å². The Morgan fingerprint density at radius 3 is 1.69 bits per heavy atom. The summed E-state index contributed by atoms with van der Waals surface area (Å²) >= 11 is 0. The van der Waals surface area contributed by atoms with Gasteiger partial charge in [0.1, 0.15) is 12.6 Å². The molecule has 0 rings (SSSR count). The van der Waals surface area contributed by atoms with Gasteiger partial charge in [0.15, 0.2) is 0 Å². The Labute approximate surface area is 161 Å². The second-order valence-electron chi connectivity index (χ2n) is 8.13. The molecule has 5 heteroatoms. The predicted octanol–water partition coefficient (Wildman–Crippen LogP) is 3.57. The number of unbranched alkanes of at least 4 members (excludes halogenated alkanes) is 12. The number of hydrogen-bond acceptors (Lipinski definition) is 4. The lowest BCUT2D eigenvalue weighted by Crippen LogP contribution is -2.44. The Morgan fingerprint density at radius 1 is 0.846 bits per heavy atom. The molecule has 26 heavy (non-hydrogen) atoms. The van der Waals surface area contributed by atoms with Crippen molar-refractivity contribution in [2.75, 3.05) is 27.2 Å². The number of rotatable bonds is 18. The Kier molecular flexibility index (Phi) is 16.1. The van der Waals surface area contributed by atoms with E-state index in [4.69, 9.17) is 5.11 Å². The average Bonchev–Trinajstić information content (AvgIpc) is 2.58. The minimum atomic E-state index is -0.835. The summed E-state index contributed by atoms with van der Waals surface area (Å²) in [6.07, 6.45) is 16.4. The van der Waals surface area contributed by atoms with E-state index in [1.54, 1.807) is 14.1 Å². The quantitative estimate of drug-likeness (QED) is 0.127. The number of likely N-dealkylation sites (N-methyl/N-ethyl adjacent to an activating group) is 1. The molecule has 0 aliphatic rings. The van der Waals surface area contributed by atoms with E-state index in [-0.39, 0.29) is 23.6 Å². The molecular weight excluding hydrogens is 328 g/mol. The summed E-state index contributed by atoms with van der Waals surface area (Å²) in [5, 5.41) is 34.4. The summed E-state index contributed by atoms with van der Waals surface area (Å²) in [5.74, 6) is -0.108. The third-order valence-corrected chi connectivity index (χ3v) is 4.74. The lowest BCUT2D eigenvalue weighted by molar-refractivity contribution is -0.901. The lowest BCUT2D eigenvalue weighted by atomic mass is 10.0. The predicted molar refractivity (Wildman–Crippen MR) is 108 cm³/mol. The highest BCUT2D eigenvalue weighted by molar-refractivity contribution is 5.70. The molecule has 0 aromatic carbocycles. The second kappa shape index (κ2) is 16.5. The first kappa shape index (κ1) is 25.4. The molecule has 2 N–H and O–H groups in total. The van der Waals surface area contributed by atoms with Gasteiger partial charge in [0.25, 0.3) is 0 Å². The molecule has 0 radical (unpaired) electrons. The van der Waals surface area contributed by atoms with E-state index in [9.17, 15) is 10.2 Å². The van der Waals surface area contributed by atoms with Crippen molar-refractivity contribution < 1.29 is 19.9 Å². The fourth-order valence-corrected chi connectivity index (χ4v) is 3.26. The van der Waals surface area contributed by atoms with Crippen LogP contribution in [0.4, 0.5) is 0 Å². The van der Waals surface area contributed by atoms with Gasteiger partial charge in [-0.1, -0.05) is 84.0 Å². The number of quaternary nitrogens is 1. The summed E-state index contributed by atoms with van der Waals surface area (Å²) in [4.78, 5) is 0. The third kappa shape index (κ3) is 16.8. The summed E-state index contributed by atoms with van der Waals surface area (Å²) in [6, 6.07) is 0. The standard InChI is InChI=1S/C21H44N2O3/c1-4-5-6-7-8-9-10-11-12-13-14-15-16-17-21(26)22-23(2,3)18-20(25)19-24/h20,24-25H,4-19H2,1-3H3. The SMILES string of the molecule is CCCCCCCCCCCCCCC/C([O-])=N/[N+](C)(C)CC(O)CO. The first-order chi connectivity index (χ1) is 12.4. The molecule has 0 saturated heterocycles. The molecule has 1 unspecified atom stereocenters. The fourth-order valence-electron chi connectivity index (χ4n) is 3.26. The van der Waals surface area contributed by atoms with Crippen molar-refractivity contribution in [1.82, 2.24) is 0 Å². The maximum Gasteiger partial charge on any atom is 0.131 e. The molecule has 0 saturated carbocycles. The van der Waals surface area contributed by atoms with Crippen LogP contribution in [0.5, 0.6) is 0 Å². The summed E-state index contributed by atoms with van der Waals surface area (Å²) < 4.78 is 0.0685. The van der Waals surface area contributed by atoms with Gasteiger partial charge in [-0.15, -0.1) is 5.10 Å². The number of hydrogen-bond donors (Lipinski definition) is 2. The molecule has 0 aromatic rings. The van der Waals surface area contributed by atoms with Crippen molar-refractivity contribution in [3.63, 3.8) is 0 Å². The molecule has 0 aromatic heterocycles. The largest absolute Gasteiger partial charge is 0.858 e. The highest BCUT2D eigenvalue weighted by Crippen LogP contribution is 2.13. The number of aliphatic hydroxyl groups is 2. The van der Waals surface area contributed by atoms with Crippen LogP contribution in [0, 0.1) is 0 Å². The van der Waals surface area contributed by atoms with E-state index >= 15 is 0 Å². The zero-order valence-corrected chi connectivity index (χ0v) is 17.6. The van der Waals surface area contributed by atoms with E-state index < -0.39 is 6.10 Å². The van der Waals surface area contributed by atoms with E-state index in [1.807, 2.05) is 0 Å². The van der Waals surface area contributed by atoms with Crippen molar-refractivity contribution in [3.8, 4) is 0 Å². The van der Waals surface area contributed by atoms with E-state index in [2.05, 4.69) is 12.0 Å². The van der Waals surface area contributed by atoms with Gasteiger partial charge in [-0.25, -0.2) is 4.59 Å². The van der Waals surface area contributed by atoms with Crippen molar-refractivity contribution in [2.45, 2.75) is 103 Å². The van der Waals surface area contributed by atoms with Gasteiger partial charge >= 0.3 is 0 Å². The number of aliphatic hydroxyl groups excluding tert-OH is 2. The Bertz CT molecular complexity index is 346. The monoisotopic (exact) mass is 372 g/mol. The maximum atomic E-state index is 11.9. The second-order valence-corrected chi connectivity index (χ2v) is 8.13. The molecule has 0 bridgehead atoms. The van der Waals surface area contributed by atoms with Crippen LogP contribution in [0.15, 0.2) is 5.10 Å². The van der Waals surface area contributed by atoms with Gasteiger partial charge in [0.05, 0.1) is 20.7 Å². The molecule has 5 nitrogen and oxygen atoms in total. The third-order valence-electron chi connectivity index (χ3n) is 4.74. The van der Waals surface area contributed by atoms with Gasteiger partial charge < -0.3 is 15.3 Å². The summed E-state index contributed by atoms with van der Waals surface area (Å²) in [6.45, 7) is 2.21. The molecule has 0 aliphatic heterocycles. The van der Waals surface area contributed by atoms with Gasteiger partial charge in [0, 0.05) is 5.90 Å². The molecular formula is C21H44N2O3. The van der Waals surface area contributed by atoms with Crippen LogP contribution in [-0.2, 0) is 0 Å². The van der Waals surface area contributed by atoms with Crippen LogP contribution in [0.1, 0.15) is 96.8 Å². The average molecular weight is 373 g/mol. The van der Waals surface area contributed by atoms with Gasteiger partial charge in [-0.2, -0.15) is 0 Å². The van der Waals surface area contributed by atoms with E-state index in [0.29, 0.717) is 6.42 Å². The molecule has 0 amide bonds. The lowest BCUT2D eigenvalue weighted by Gasteiger charge is -2.27. The van der Waals surface area contributed by atoms with Crippen molar-refractivity contribution in [2.24, 2.45) is 5.10 Å². The molecule has 0 aliphatic carbocycles. The highest BCUT2D eigenvalue weighted by atomic mass is 16.3. The van der Waals surface area contributed by atoms with Crippen molar-refractivity contribution in [1.29, 1.82) is 0 Å².